The van der Waals surface area contributed by atoms with Crippen LogP contribution in [-0.4, -0.2) is 21.9 Å². The lowest BCUT2D eigenvalue weighted by molar-refractivity contribution is 0.0949. The first-order valence-corrected chi connectivity index (χ1v) is 11.1. The number of carbonyl (C=O) groups is 1. The third-order valence-electron chi connectivity index (χ3n) is 5.74. The Hall–Kier alpha value is -4.51. The molecule has 1 N–H and O–H groups in total. The first kappa shape index (κ1) is 21.3. The van der Waals surface area contributed by atoms with E-state index in [9.17, 15) is 4.79 Å². The van der Waals surface area contributed by atoms with E-state index in [0.29, 0.717) is 5.69 Å². The maximum absolute atomic E-state index is 12.9. The van der Waals surface area contributed by atoms with Gasteiger partial charge in [0.1, 0.15) is 0 Å². The Kier molecular flexibility index (Phi) is 5.75. The van der Waals surface area contributed by atoms with E-state index in [1.165, 1.54) is 5.56 Å². The summed E-state index contributed by atoms with van der Waals surface area (Å²) in [5, 5.41) is 11.0. The van der Waals surface area contributed by atoms with Crippen molar-refractivity contribution >= 4 is 22.9 Å². The Bertz CT molecular complexity index is 1490. The van der Waals surface area contributed by atoms with Gasteiger partial charge in [-0.3, -0.25) is 4.79 Å². The van der Waals surface area contributed by atoms with Gasteiger partial charge in [-0.05, 0) is 48.4 Å². The van der Waals surface area contributed by atoms with Crippen molar-refractivity contribution in [2.24, 2.45) is 5.10 Å². The molecule has 0 aliphatic rings. The molecule has 1 amide bonds. The number of rotatable bonds is 5. The van der Waals surface area contributed by atoms with Crippen molar-refractivity contribution in [1.82, 2.24) is 15.2 Å². The zero-order valence-electron chi connectivity index (χ0n) is 19.1. The van der Waals surface area contributed by atoms with Gasteiger partial charge in [0.25, 0.3) is 5.91 Å². The van der Waals surface area contributed by atoms with Crippen LogP contribution >= 0.6 is 0 Å². The SMILES string of the molecule is Cc1ccc(/C=N\NC(=O)c2cc(-c3cccc4ccccc34)n(-c3ccc(C)cc3)n2)cc1. The first-order valence-electron chi connectivity index (χ1n) is 11.1. The van der Waals surface area contributed by atoms with Crippen LogP contribution in [0.3, 0.4) is 0 Å². The molecule has 4 aromatic carbocycles. The molecule has 5 nitrogen and oxygen atoms in total. The van der Waals surface area contributed by atoms with Gasteiger partial charge in [-0.25, -0.2) is 10.1 Å². The summed E-state index contributed by atoms with van der Waals surface area (Å²) in [7, 11) is 0. The molecule has 0 saturated heterocycles. The first-order chi connectivity index (χ1) is 16.6. The average Bonchev–Trinajstić information content (AvgIpc) is 3.31. The van der Waals surface area contributed by atoms with Gasteiger partial charge < -0.3 is 0 Å². The number of nitrogens with one attached hydrogen (secondary N) is 1. The Morgan fingerprint density at radius 3 is 2.29 bits per heavy atom. The van der Waals surface area contributed by atoms with Crippen LogP contribution < -0.4 is 5.43 Å². The van der Waals surface area contributed by atoms with Gasteiger partial charge in [0.2, 0.25) is 0 Å². The second-order valence-electron chi connectivity index (χ2n) is 8.30. The Morgan fingerprint density at radius 1 is 0.853 bits per heavy atom. The molecular formula is C29H24N4O. The van der Waals surface area contributed by atoms with E-state index in [4.69, 9.17) is 0 Å². The minimum Gasteiger partial charge on any atom is -0.265 e. The predicted molar refractivity (Wildman–Crippen MR) is 137 cm³/mol. The zero-order valence-corrected chi connectivity index (χ0v) is 19.1. The van der Waals surface area contributed by atoms with Crippen molar-refractivity contribution in [2.75, 3.05) is 0 Å². The Morgan fingerprint density at radius 2 is 1.53 bits per heavy atom. The van der Waals surface area contributed by atoms with Gasteiger partial charge in [0, 0.05) is 5.56 Å². The molecule has 5 aromatic rings. The van der Waals surface area contributed by atoms with E-state index >= 15 is 0 Å². The van der Waals surface area contributed by atoms with E-state index in [0.717, 1.165) is 38.8 Å². The summed E-state index contributed by atoms with van der Waals surface area (Å²) < 4.78 is 1.82. The number of amides is 1. The maximum atomic E-state index is 12.9. The second kappa shape index (κ2) is 9.16. The van der Waals surface area contributed by atoms with Crippen molar-refractivity contribution in [1.29, 1.82) is 0 Å². The molecule has 0 fully saturated rings. The molecule has 0 aliphatic heterocycles. The van der Waals surface area contributed by atoms with E-state index in [1.807, 2.05) is 91.3 Å². The molecule has 0 saturated carbocycles. The van der Waals surface area contributed by atoms with Crippen LogP contribution in [-0.2, 0) is 0 Å². The summed E-state index contributed by atoms with van der Waals surface area (Å²) >= 11 is 0. The predicted octanol–water partition coefficient (Wildman–Crippen LogP) is 6.07. The van der Waals surface area contributed by atoms with Crippen LogP contribution in [0, 0.1) is 13.8 Å². The Balaban J connectivity index is 1.53. The number of nitrogens with zero attached hydrogens (tertiary/aromatic N) is 3. The monoisotopic (exact) mass is 444 g/mol. The molecule has 0 spiro atoms. The van der Waals surface area contributed by atoms with Gasteiger partial charge in [0.05, 0.1) is 17.6 Å². The summed E-state index contributed by atoms with van der Waals surface area (Å²) in [6, 6.07) is 32.2. The fourth-order valence-corrected chi connectivity index (χ4v) is 3.89. The molecule has 5 rings (SSSR count). The molecule has 0 unspecified atom stereocenters. The van der Waals surface area contributed by atoms with Crippen LogP contribution in [0.2, 0.25) is 0 Å². The highest BCUT2D eigenvalue weighted by Gasteiger charge is 2.18. The number of carbonyl (C=O) groups excluding carboxylic acids is 1. The molecule has 34 heavy (non-hydrogen) atoms. The van der Waals surface area contributed by atoms with E-state index in [1.54, 1.807) is 6.21 Å². The van der Waals surface area contributed by atoms with Gasteiger partial charge in [-0.2, -0.15) is 10.2 Å². The summed E-state index contributed by atoms with van der Waals surface area (Å²) in [5.74, 6) is -0.365. The number of hydrogen-bond donors (Lipinski definition) is 1. The van der Waals surface area contributed by atoms with Gasteiger partial charge in [-0.15, -0.1) is 0 Å². The van der Waals surface area contributed by atoms with Crippen molar-refractivity contribution < 1.29 is 4.79 Å². The van der Waals surface area contributed by atoms with Crippen molar-refractivity contribution in [2.45, 2.75) is 13.8 Å². The third kappa shape index (κ3) is 4.36. The topological polar surface area (TPSA) is 59.3 Å². The molecule has 0 bridgehead atoms. The van der Waals surface area contributed by atoms with Crippen molar-refractivity contribution in [3.63, 3.8) is 0 Å². The standard InChI is InChI=1S/C29H24N4O/c1-20-10-14-22(15-11-20)19-30-31-29(34)27-18-28(33(32-27)24-16-12-21(2)13-17-24)26-9-5-7-23-6-3-4-8-25(23)26/h3-19H,1-2H3,(H,31,34)/b30-19-. The third-order valence-corrected chi connectivity index (χ3v) is 5.74. The molecule has 166 valence electrons. The van der Waals surface area contributed by atoms with Gasteiger partial charge in [-0.1, -0.05) is 90.0 Å². The molecule has 0 aliphatic carbocycles. The maximum Gasteiger partial charge on any atom is 0.291 e. The molecular weight excluding hydrogens is 420 g/mol. The summed E-state index contributed by atoms with van der Waals surface area (Å²) in [5.41, 5.74) is 8.87. The minimum absolute atomic E-state index is 0.296. The molecule has 0 radical (unpaired) electrons. The normalized spacial score (nSPS) is 11.2. The quantitative estimate of drug-likeness (QED) is 0.264. The van der Waals surface area contributed by atoms with Crippen LogP contribution in [0.1, 0.15) is 27.2 Å². The smallest absolute Gasteiger partial charge is 0.265 e. The number of aromatic nitrogens is 2. The van der Waals surface area contributed by atoms with Gasteiger partial charge in [0.15, 0.2) is 5.69 Å². The van der Waals surface area contributed by atoms with Crippen LogP contribution in [0.5, 0.6) is 0 Å². The highest BCUT2D eigenvalue weighted by atomic mass is 16.2. The summed E-state index contributed by atoms with van der Waals surface area (Å²) in [4.78, 5) is 12.9. The second-order valence-corrected chi connectivity index (χ2v) is 8.30. The number of hydrazone groups is 1. The lowest BCUT2D eigenvalue weighted by atomic mass is 10.0. The lowest BCUT2D eigenvalue weighted by Gasteiger charge is -2.10. The number of benzene rings is 4. The molecule has 1 aromatic heterocycles. The number of aryl methyl sites for hydroxylation is 2. The summed E-state index contributed by atoms with van der Waals surface area (Å²) in [6.07, 6.45) is 1.62. The highest BCUT2D eigenvalue weighted by molar-refractivity contribution is 5.99. The highest BCUT2D eigenvalue weighted by Crippen LogP contribution is 2.31. The van der Waals surface area contributed by atoms with Crippen LogP contribution in [0.25, 0.3) is 27.7 Å². The van der Waals surface area contributed by atoms with E-state index in [2.05, 4.69) is 39.9 Å². The lowest BCUT2D eigenvalue weighted by Crippen LogP contribution is -2.18. The number of fused-ring (bicyclic) bond motifs is 1. The van der Waals surface area contributed by atoms with E-state index < -0.39 is 0 Å². The van der Waals surface area contributed by atoms with Crippen LogP contribution in [0.4, 0.5) is 0 Å². The largest absolute Gasteiger partial charge is 0.291 e. The van der Waals surface area contributed by atoms with Crippen molar-refractivity contribution in [3.05, 3.63) is 119 Å². The summed E-state index contributed by atoms with van der Waals surface area (Å²) in [6.45, 7) is 4.07. The average molecular weight is 445 g/mol. The zero-order chi connectivity index (χ0) is 23.5. The van der Waals surface area contributed by atoms with Crippen LogP contribution in [0.15, 0.2) is 102 Å². The van der Waals surface area contributed by atoms with E-state index in [-0.39, 0.29) is 5.91 Å². The molecule has 1 heterocycles. The minimum atomic E-state index is -0.365. The molecule has 0 atom stereocenters. The van der Waals surface area contributed by atoms with Gasteiger partial charge >= 0.3 is 0 Å². The Labute approximate surface area is 198 Å². The fraction of sp³-hybridized carbons (Fsp3) is 0.0690. The van der Waals surface area contributed by atoms with Crippen molar-refractivity contribution in [3.8, 4) is 16.9 Å². The number of hydrogen-bond acceptors (Lipinski definition) is 3. The fourth-order valence-electron chi connectivity index (χ4n) is 3.89. The molecule has 5 heteroatoms.